The lowest BCUT2D eigenvalue weighted by Crippen LogP contribution is -2.25. The lowest BCUT2D eigenvalue weighted by atomic mass is 10.3. The molecule has 21 heavy (non-hydrogen) atoms. The van der Waals surface area contributed by atoms with Gasteiger partial charge in [-0.1, -0.05) is 23.0 Å². The Balaban J connectivity index is 1.45. The van der Waals surface area contributed by atoms with Crippen molar-refractivity contribution in [1.29, 1.82) is 0 Å². The van der Waals surface area contributed by atoms with Gasteiger partial charge < -0.3 is 4.42 Å². The van der Waals surface area contributed by atoms with Crippen molar-refractivity contribution >= 4 is 23.1 Å². The third-order valence-electron chi connectivity index (χ3n) is 4.44. The van der Waals surface area contributed by atoms with E-state index in [1.54, 1.807) is 0 Å². The summed E-state index contributed by atoms with van der Waals surface area (Å²) in [5.74, 6) is 3.63. The minimum atomic E-state index is 0.635. The molecule has 2 aliphatic rings. The van der Waals surface area contributed by atoms with Crippen LogP contribution in [0.5, 0.6) is 0 Å². The third-order valence-corrected chi connectivity index (χ3v) is 5.43. The lowest BCUT2D eigenvalue weighted by molar-refractivity contribution is 0.220. The summed E-state index contributed by atoms with van der Waals surface area (Å²) in [6, 6.07) is 4.90. The van der Waals surface area contributed by atoms with Crippen LogP contribution >= 0.6 is 23.1 Å². The molecule has 2 fully saturated rings. The van der Waals surface area contributed by atoms with E-state index in [9.17, 15) is 0 Å². The van der Waals surface area contributed by atoms with Gasteiger partial charge in [0.15, 0.2) is 0 Å². The smallest absolute Gasteiger partial charge is 0.138 e. The number of rotatable bonds is 6. The van der Waals surface area contributed by atoms with Crippen molar-refractivity contribution in [2.75, 3.05) is 0 Å². The average Bonchev–Trinajstić information content (AvgIpc) is 3.35. The molecule has 4 rings (SSSR count). The fraction of sp³-hybridized carbons (Fsp3) is 0.600. The van der Waals surface area contributed by atoms with Gasteiger partial charge in [0.25, 0.3) is 0 Å². The number of aromatic nitrogens is 2. The molecule has 2 saturated carbocycles. The Kier molecular flexibility index (Phi) is 3.52. The summed E-state index contributed by atoms with van der Waals surface area (Å²) in [4.78, 5) is 2.40. The summed E-state index contributed by atoms with van der Waals surface area (Å²) >= 11 is 7.38. The Hall–Kier alpha value is -0.910. The molecule has 112 valence electrons. The van der Waals surface area contributed by atoms with Crippen LogP contribution in [0.4, 0.5) is 0 Å². The second-order valence-electron chi connectivity index (χ2n) is 6.25. The molecule has 2 atom stereocenters. The van der Waals surface area contributed by atoms with Crippen LogP contribution in [-0.4, -0.2) is 20.5 Å². The van der Waals surface area contributed by atoms with Crippen LogP contribution < -0.4 is 0 Å². The Morgan fingerprint density at radius 1 is 1.38 bits per heavy atom. The number of hydrogen-bond acceptors (Lipinski definition) is 5. The van der Waals surface area contributed by atoms with Crippen LogP contribution in [0, 0.1) is 5.92 Å². The monoisotopic (exact) mass is 323 g/mol. The molecule has 2 heterocycles. The largest absolute Gasteiger partial charge is 0.464 e. The van der Waals surface area contributed by atoms with E-state index in [0.717, 1.165) is 36.2 Å². The normalized spacial score (nSPS) is 24.7. The first-order valence-electron chi connectivity index (χ1n) is 7.50. The molecule has 0 bridgehead atoms. The van der Waals surface area contributed by atoms with Crippen molar-refractivity contribution in [1.82, 2.24) is 14.5 Å². The van der Waals surface area contributed by atoms with E-state index < -0.39 is 0 Å². The van der Waals surface area contributed by atoms with Crippen LogP contribution in [0.1, 0.15) is 49.3 Å². The summed E-state index contributed by atoms with van der Waals surface area (Å²) in [5.41, 5.74) is 0.885. The van der Waals surface area contributed by atoms with Crippen molar-refractivity contribution in [2.45, 2.75) is 51.2 Å². The zero-order chi connectivity index (χ0) is 14.4. The Morgan fingerprint density at radius 2 is 2.19 bits per heavy atom. The second-order valence-corrected chi connectivity index (χ2v) is 7.61. The van der Waals surface area contributed by atoms with E-state index >= 15 is 0 Å². The first-order chi connectivity index (χ1) is 10.2. The minimum Gasteiger partial charge on any atom is -0.464 e. The van der Waals surface area contributed by atoms with Crippen LogP contribution in [-0.2, 0) is 13.1 Å². The molecule has 0 spiro atoms. The second kappa shape index (κ2) is 5.38. The number of furan rings is 1. The summed E-state index contributed by atoms with van der Waals surface area (Å²) < 4.78 is 10.6. The number of hydrogen-bond donors (Lipinski definition) is 0. The SMILES string of the molecule is C[C@H]1C[C@H]1c1ccc(CN(Cc2nnsc2Cl)C2CC2)o1. The molecule has 0 amide bonds. The molecule has 0 radical (unpaired) electrons. The molecule has 0 saturated heterocycles. The summed E-state index contributed by atoms with van der Waals surface area (Å²) in [7, 11) is 0. The first kappa shape index (κ1) is 13.7. The maximum atomic E-state index is 6.13. The van der Waals surface area contributed by atoms with Gasteiger partial charge in [-0.2, -0.15) is 0 Å². The number of halogens is 1. The highest BCUT2D eigenvalue weighted by Crippen LogP contribution is 2.47. The molecule has 2 aliphatic carbocycles. The van der Waals surface area contributed by atoms with Gasteiger partial charge in [0.05, 0.1) is 6.54 Å². The molecule has 6 heteroatoms. The average molecular weight is 324 g/mol. The quantitative estimate of drug-likeness (QED) is 0.803. The molecule has 2 aromatic rings. The summed E-state index contributed by atoms with van der Waals surface area (Å²) in [6.07, 6.45) is 3.77. The van der Waals surface area contributed by atoms with Crippen molar-refractivity contribution in [2.24, 2.45) is 5.92 Å². The van der Waals surface area contributed by atoms with Gasteiger partial charge in [-0.25, -0.2) is 0 Å². The Bertz CT molecular complexity index is 636. The maximum absolute atomic E-state index is 6.13. The predicted octanol–water partition coefficient (Wildman–Crippen LogP) is 4.07. The highest BCUT2D eigenvalue weighted by molar-refractivity contribution is 7.10. The maximum Gasteiger partial charge on any atom is 0.138 e. The van der Waals surface area contributed by atoms with Gasteiger partial charge in [0.1, 0.15) is 21.6 Å². The topological polar surface area (TPSA) is 42.2 Å². The van der Waals surface area contributed by atoms with Crippen LogP contribution in [0.2, 0.25) is 4.34 Å². The fourth-order valence-electron chi connectivity index (χ4n) is 2.83. The van der Waals surface area contributed by atoms with Gasteiger partial charge in [-0.15, -0.1) is 5.10 Å². The van der Waals surface area contributed by atoms with Gasteiger partial charge >= 0.3 is 0 Å². The highest BCUT2D eigenvalue weighted by atomic mass is 35.5. The molecular formula is C15H18ClN3OS. The van der Waals surface area contributed by atoms with E-state index in [2.05, 4.69) is 33.5 Å². The molecule has 2 aromatic heterocycles. The Labute approximate surface area is 133 Å². The third kappa shape index (κ3) is 3.00. The molecule has 4 nitrogen and oxygen atoms in total. The van der Waals surface area contributed by atoms with Gasteiger partial charge in [0.2, 0.25) is 0 Å². The van der Waals surface area contributed by atoms with Gasteiger partial charge in [0, 0.05) is 30.0 Å². The van der Waals surface area contributed by atoms with E-state index in [1.165, 1.54) is 30.8 Å². The minimum absolute atomic E-state index is 0.635. The fourth-order valence-corrected chi connectivity index (χ4v) is 3.45. The number of nitrogens with zero attached hydrogens (tertiary/aromatic N) is 3. The van der Waals surface area contributed by atoms with E-state index in [1.807, 2.05) is 0 Å². The Morgan fingerprint density at radius 3 is 2.81 bits per heavy atom. The zero-order valence-electron chi connectivity index (χ0n) is 12.0. The van der Waals surface area contributed by atoms with Crippen LogP contribution in [0.3, 0.4) is 0 Å². The van der Waals surface area contributed by atoms with Crippen LogP contribution in [0.15, 0.2) is 16.5 Å². The van der Waals surface area contributed by atoms with E-state index in [0.29, 0.717) is 16.3 Å². The van der Waals surface area contributed by atoms with Gasteiger partial charge in [-0.05, 0) is 37.3 Å². The van der Waals surface area contributed by atoms with Crippen molar-refractivity contribution < 1.29 is 4.42 Å². The summed E-state index contributed by atoms with van der Waals surface area (Å²) in [5, 5.41) is 4.13. The van der Waals surface area contributed by atoms with Crippen molar-refractivity contribution in [3.63, 3.8) is 0 Å². The molecule has 0 unspecified atom stereocenters. The van der Waals surface area contributed by atoms with E-state index in [4.69, 9.17) is 16.0 Å². The lowest BCUT2D eigenvalue weighted by Gasteiger charge is -2.19. The van der Waals surface area contributed by atoms with Crippen LogP contribution in [0.25, 0.3) is 0 Å². The summed E-state index contributed by atoms with van der Waals surface area (Å²) in [6.45, 7) is 3.87. The standard InChI is InChI=1S/C15H18ClN3OS/c1-9-6-12(9)14-5-4-11(20-14)7-19(10-2-3-10)8-13-15(16)21-18-17-13/h4-5,9-10,12H,2-3,6-8H2,1H3/t9-,12+/m0/s1. The van der Waals surface area contributed by atoms with E-state index in [-0.39, 0.29) is 0 Å². The molecule has 0 aliphatic heterocycles. The first-order valence-corrected chi connectivity index (χ1v) is 8.65. The van der Waals surface area contributed by atoms with Crippen molar-refractivity contribution in [3.8, 4) is 0 Å². The predicted molar refractivity (Wildman–Crippen MR) is 82.4 cm³/mol. The van der Waals surface area contributed by atoms with Gasteiger partial charge in [-0.3, -0.25) is 4.90 Å². The molecule has 0 N–H and O–H groups in total. The molecule has 0 aromatic carbocycles. The van der Waals surface area contributed by atoms with Crippen molar-refractivity contribution in [3.05, 3.63) is 33.7 Å². The molecular weight excluding hydrogens is 306 g/mol. The zero-order valence-corrected chi connectivity index (χ0v) is 13.5. The highest BCUT2D eigenvalue weighted by Gasteiger charge is 2.37.